The van der Waals surface area contributed by atoms with Gasteiger partial charge in [-0.15, -0.1) is 0 Å². The maximum absolute atomic E-state index is 13.2. The molecule has 2 aromatic carbocycles. The molecule has 0 spiro atoms. The second kappa shape index (κ2) is 7.84. The van der Waals surface area contributed by atoms with E-state index in [1.54, 1.807) is 7.11 Å². The fourth-order valence-electron chi connectivity index (χ4n) is 2.94. The molecule has 0 aromatic heterocycles. The zero-order valence-electron chi connectivity index (χ0n) is 14.8. The summed E-state index contributed by atoms with van der Waals surface area (Å²) in [5.41, 5.74) is 2.58. The number of amides is 1. The van der Waals surface area contributed by atoms with Crippen LogP contribution in [0.15, 0.2) is 46.9 Å². The second-order valence-corrected chi connectivity index (χ2v) is 7.24. The Balaban J connectivity index is 2.60. The van der Waals surface area contributed by atoms with Crippen LogP contribution in [-0.2, 0) is 0 Å². The predicted octanol–water partition coefficient (Wildman–Crippen LogP) is 5.38. The van der Waals surface area contributed by atoms with Crippen molar-refractivity contribution in [3.63, 3.8) is 0 Å². The Bertz CT molecular complexity index is 717. The van der Waals surface area contributed by atoms with Crippen LogP contribution in [-0.4, -0.2) is 30.0 Å². The van der Waals surface area contributed by atoms with Crippen LogP contribution in [0.5, 0.6) is 5.75 Å². The van der Waals surface area contributed by atoms with Gasteiger partial charge in [0.1, 0.15) is 5.75 Å². The van der Waals surface area contributed by atoms with Crippen molar-refractivity contribution < 1.29 is 9.53 Å². The number of rotatable bonds is 5. The first kappa shape index (κ1) is 18.5. The molecule has 0 saturated heterocycles. The molecule has 128 valence electrons. The smallest absolute Gasteiger partial charge is 0.255 e. The molecule has 0 aliphatic heterocycles. The summed E-state index contributed by atoms with van der Waals surface area (Å²) in [5, 5.41) is 0. The molecule has 0 aliphatic carbocycles. The molecule has 2 rings (SSSR count). The first-order valence-corrected chi connectivity index (χ1v) is 8.91. The lowest BCUT2D eigenvalue weighted by molar-refractivity contribution is 0.0644. The minimum absolute atomic E-state index is 0.0221. The number of hydrogen-bond acceptors (Lipinski definition) is 2. The van der Waals surface area contributed by atoms with Gasteiger partial charge in [-0.2, -0.15) is 0 Å². The van der Waals surface area contributed by atoms with Gasteiger partial charge in [0.25, 0.3) is 5.91 Å². The molecule has 2 aromatic rings. The van der Waals surface area contributed by atoms with Gasteiger partial charge in [-0.3, -0.25) is 4.79 Å². The maximum atomic E-state index is 13.2. The normalized spacial score (nSPS) is 11.0. The van der Waals surface area contributed by atoms with Crippen molar-refractivity contribution >= 4 is 21.8 Å². The number of nitrogens with zero attached hydrogens (tertiary/aromatic N) is 1. The fraction of sp³-hybridized carbons (Fsp3) is 0.350. The largest absolute Gasteiger partial charge is 0.497 e. The number of methoxy groups -OCH3 is 1. The monoisotopic (exact) mass is 389 g/mol. The van der Waals surface area contributed by atoms with E-state index in [2.05, 4.69) is 15.9 Å². The maximum Gasteiger partial charge on any atom is 0.255 e. The van der Waals surface area contributed by atoms with Crippen molar-refractivity contribution in [2.75, 3.05) is 7.11 Å². The lowest BCUT2D eigenvalue weighted by Gasteiger charge is -2.31. The molecular formula is C20H24BrNO2. The van der Waals surface area contributed by atoms with Crippen molar-refractivity contribution in [3.05, 3.63) is 52.5 Å². The highest BCUT2D eigenvalue weighted by Gasteiger charge is 2.24. The van der Waals surface area contributed by atoms with Gasteiger partial charge in [-0.25, -0.2) is 0 Å². The van der Waals surface area contributed by atoms with Crippen LogP contribution in [0.25, 0.3) is 11.1 Å². The fourth-order valence-corrected chi connectivity index (χ4v) is 3.34. The molecule has 0 aliphatic rings. The average molecular weight is 390 g/mol. The van der Waals surface area contributed by atoms with Gasteiger partial charge < -0.3 is 9.64 Å². The van der Waals surface area contributed by atoms with Gasteiger partial charge in [0.05, 0.1) is 12.7 Å². The third kappa shape index (κ3) is 3.99. The molecule has 24 heavy (non-hydrogen) atoms. The third-order valence-corrected chi connectivity index (χ3v) is 4.43. The van der Waals surface area contributed by atoms with E-state index in [4.69, 9.17) is 4.74 Å². The highest BCUT2D eigenvalue weighted by atomic mass is 79.9. The number of hydrogen-bond donors (Lipinski definition) is 0. The Labute approximate surface area is 152 Å². The summed E-state index contributed by atoms with van der Waals surface area (Å²) in [6, 6.07) is 13.9. The van der Waals surface area contributed by atoms with E-state index in [0.717, 1.165) is 15.6 Å². The standard InChI is InChI=1S/C20H24BrNO2/c1-13(2)22(14(3)4)20(23)19-12-17(24-5)9-10-18(19)15-7-6-8-16(21)11-15/h6-14H,1-5H3. The molecule has 0 atom stereocenters. The van der Waals surface area contributed by atoms with E-state index in [-0.39, 0.29) is 18.0 Å². The van der Waals surface area contributed by atoms with Gasteiger partial charge in [-0.05, 0) is 69.2 Å². The Hall–Kier alpha value is -1.81. The number of benzene rings is 2. The summed E-state index contributed by atoms with van der Waals surface area (Å²) in [6.45, 7) is 8.15. The lowest BCUT2D eigenvalue weighted by atomic mass is 9.97. The zero-order chi connectivity index (χ0) is 17.9. The molecule has 0 bridgehead atoms. The predicted molar refractivity (Wildman–Crippen MR) is 103 cm³/mol. The minimum atomic E-state index is 0.0221. The van der Waals surface area contributed by atoms with E-state index >= 15 is 0 Å². The number of halogens is 1. The van der Waals surface area contributed by atoms with E-state index in [0.29, 0.717) is 11.3 Å². The van der Waals surface area contributed by atoms with Crippen molar-refractivity contribution in [2.45, 2.75) is 39.8 Å². The first-order valence-electron chi connectivity index (χ1n) is 8.11. The van der Waals surface area contributed by atoms with Crippen LogP contribution in [0.3, 0.4) is 0 Å². The Morgan fingerprint density at radius 3 is 2.25 bits per heavy atom. The SMILES string of the molecule is COc1ccc(-c2cccc(Br)c2)c(C(=O)N(C(C)C)C(C)C)c1. The van der Waals surface area contributed by atoms with Gasteiger partial charge in [0, 0.05) is 16.6 Å². The summed E-state index contributed by atoms with van der Waals surface area (Å²) in [5.74, 6) is 0.707. The van der Waals surface area contributed by atoms with Gasteiger partial charge >= 0.3 is 0 Å². The molecule has 0 heterocycles. The number of carbonyl (C=O) groups excluding carboxylic acids is 1. The molecule has 4 heteroatoms. The van der Waals surface area contributed by atoms with E-state index in [1.807, 2.05) is 75.1 Å². The van der Waals surface area contributed by atoms with Crippen molar-refractivity contribution in [1.82, 2.24) is 4.90 Å². The number of ether oxygens (including phenoxy) is 1. The summed E-state index contributed by atoms with van der Waals surface area (Å²) < 4.78 is 6.33. The summed E-state index contributed by atoms with van der Waals surface area (Å²) >= 11 is 3.50. The van der Waals surface area contributed by atoms with E-state index < -0.39 is 0 Å². The van der Waals surface area contributed by atoms with Crippen molar-refractivity contribution in [3.8, 4) is 16.9 Å². The molecule has 1 amide bonds. The van der Waals surface area contributed by atoms with Crippen molar-refractivity contribution in [2.24, 2.45) is 0 Å². The van der Waals surface area contributed by atoms with Crippen LogP contribution >= 0.6 is 15.9 Å². The van der Waals surface area contributed by atoms with E-state index in [9.17, 15) is 4.79 Å². The van der Waals surface area contributed by atoms with Gasteiger partial charge in [-0.1, -0.05) is 28.1 Å². The quantitative estimate of drug-likeness (QED) is 0.686. The molecule has 0 saturated carbocycles. The van der Waals surface area contributed by atoms with Gasteiger partial charge in [0.2, 0.25) is 0 Å². The summed E-state index contributed by atoms with van der Waals surface area (Å²) in [6.07, 6.45) is 0. The lowest BCUT2D eigenvalue weighted by Crippen LogP contribution is -2.42. The molecule has 0 unspecified atom stereocenters. The topological polar surface area (TPSA) is 29.5 Å². The number of carbonyl (C=O) groups is 1. The second-order valence-electron chi connectivity index (χ2n) is 6.32. The third-order valence-electron chi connectivity index (χ3n) is 3.94. The van der Waals surface area contributed by atoms with Crippen LogP contribution in [0, 0.1) is 0 Å². The molecule has 0 radical (unpaired) electrons. The molecule has 3 nitrogen and oxygen atoms in total. The average Bonchev–Trinajstić information content (AvgIpc) is 2.53. The van der Waals surface area contributed by atoms with E-state index in [1.165, 1.54) is 0 Å². The molecule has 0 N–H and O–H groups in total. The molecule has 0 fully saturated rings. The highest BCUT2D eigenvalue weighted by Crippen LogP contribution is 2.31. The Morgan fingerprint density at radius 1 is 1.04 bits per heavy atom. The minimum Gasteiger partial charge on any atom is -0.497 e. The summed E-state index contributed by atoms with van der Waals surface area (Å²) in [7, 11) is 1.62. The molecular weight excluding hydrogens is 366 g/mol. The van der Waals surface area contributed by atoms with Crippen LogP contribution in [0.2, 0.25) is 0 Å². The van der Waals surface area contributed by atoms with Crippen LogP contribution in [0.4, 0.5) is 0 Å². The first-order chi connectivity index (χ1) is 11.3. The Morgan fingerprint density at radius 2 is 1.71 bits per heavy atom. The summed E-state index contributed by atoms with van der Waals surface area (Å²) in [4.78, 5) is 15.1. The van der Waals surface area contributed by atoms with Crippen molar-refractivity contribution in [1.29, 1.82) is 0 Å². The highest BCUT2D eigenvalue weighted by molar-refractivity contribution is 9.10. The van der Waals surface area contributed by atoms with Crippen LogP contribution in [0.1, 0.15) is 38.1 Å². The van der Waals surface area contributed by atoms with Gasteiger partial charge in [0.15, 0.2) is 0 Å². The zero-order valence-corrected chi connectivity index (χ0v) is 16.4. The van der Waals surface area contributed by atoms with Crippen LogP contribution < -0.4 is 4.74 Å². The Kier molecular flexibility index (Phi) is 6.05.